The Labute approximate surface area is 180 Å². The van der Waals surface area contributed by atoms with Crippen LogP contribution in [0.1, 0.15) is 30.9 Å². The highest BCUT2D eigenvalue weighted by Crippen LogP contribution is 2.26. The van der Waals surface area contributed by atoms with Gasteiger partial charge >= 0.3 is 0 Å². The molecule has 1 N–H and O–H groups in total. The Morgan fingerprint density at radius 1 is 1.19 bits per heavy atom. The van der Waals surface area contributed by atoms with Crippen molar-refractivity contribution in [3.8, 4) is 5.75 Å². The highest BCUT2D eigenvalue weighted by atomic mass is 79.9. The summed E-state index contributed by atoms with van der Waals surface area (Å²) in [6.07, 6.45) is 2.58. The van der Waals surface area contributed by atoms with Crippen LogP contribution in [0.4, 0.5) is 0 Å². The normalized spacial score (nSPS) is 17.4. The first-order valence-corrected chi connectivity index (χ1v) is 10.9. The maximum absolute atomic E-state index is 6.09. The fourth-order valence-electron chi connectivity index (χ4n) is 3.53. The van der Waals surface area contributed by atoms with Crippen molar-refractivity contribution in [2.24, 2.45) is 0 Å². The molecule has 2 aromatic carbocycles. The first-order valence-electron chi connectivity index (χ1n) is 9.36. The Morgan fingerprint density at radius 3 is 2.81 bits per heavy atom. The molecule has 1 atom stereocenters. The summed E-state index contributed by atoms with van der Waals surface area (Å²) >= 11 is 15.6. The lowest BCUT2D eigenvalue weighted by Gasteiger charge is -2.23. The summed E-state index contributed by atoms with van der Waals surface area (Å²) in [5.74, 6) is 0.885. The maximum atomic E-state index is 6.09. The van der Waals surface area contributed by atoms with Gasteiger partial charge in [-0.05, 0) is 61.8 Å². The van der Waals surface area contributed by atoms with Gasteiger partial charge in [0.1, 0.15) is 12.4 Å². The summed E-state index contributed by atoms with van der Waals surface area (Å²) in [5.41, 5.74) is 2.14. The second-order valence-corrected chi connectivity index (χ2v) is 8.57. The number of hydrogen-bond acceptors (Lipinski definition) is 3. The van der Waals surface area contributed by atoms with Gasteiger partial charge in [-0.3, -0.25) is 4.90 Å². The van der Waals surface area contributed by atoms with Gasteiger partial charge in [0, 0.05) is 29.2 Å². The number of nitrogens with one attached hydrogen (secondary N) is 1. The highest BCUT2D eigenvalue weighted by Gasteiger charge is 2.22. The van der Waals surface area contributed by atoms with Crippen molar-refractivity contribution < 1.29 is 4.74 Å². The molecular weight excluding hydrogens is 447 g/mol. The van der Waals surface area contributed by atoms with Gasteiger partial charge < -0.3 is 10.1 Å². The largest absolute Gasteiger partial charge is 0.489 e. The third kappa shape index (κ3) is 5.85. The van der Waals surface area contributed by atoms with E-state index in [1.807, 2.05) is 24.3 Å². The Hall–Kier alpha value is -0.780. The number of rotatable bonds is 8. The van der Waals surface area contributed by atoms with Crippen molar-refractivity contribution in [2.75, 3.05) is 19.6 Å². The molecule has 1 saturated heterocycles. The van der Waals surface area contributed by atoms with Crippen LogP contribution >= 0.6 is 39.1 Å². The number of halogens is 3. The van der Waals surface area contributed by atoms with Crippen molar-refractivity contribution >= 4 is 39.1 Å². The third-order valence-corrected chi connectivity index (χ3v) is 6.23. The summed E-state index contributed by atoms with van der Waals surface area (Å²) < 4.78 is 7.12. The molecule has 0 unspecified atom stereocenters. The van der Waals surface area contributed by atoms with Crippen LogP contribution in [0.2, 0.25) is 10.0 Å². The Kier molecular flexibility index (Phi) is 7.86. The first-order chi connectivity index (χ1) is 13.1. The SMILES string of the molecule is CCN1CCC[C@H]1CNCc1cc(Br)ccc1OCc1ccc(Cl)c(Cl)c1. The molecule has 0 amide bonds. The van der Waals surface area contributed by atoms with Crippen LogP contribution in [-0.4, -0.2) is 30.6 Å². The number of likely N-dealkylation sites (N-methyl/N-ethyl adjacent to an activating group) is 1. The zero-order chi connectivity index (χ0) is 19.2. The summed E-state index contributed by atoms with van der Waals surface area (Å²) in [6, 6.07) is 12.3. The van der Waals surface area contributed by atoms with Crippen LogP contribution < -0.4 is 10.1 Å². The minimum atomic E-state index is 0.456. The second-order valence-electron chi connectivity index (χ2n) is 6.84. The van der Waals surface area contributed by atoms with Gasteiger partial charge in [0.2, 0.25) is 0 Å². The quantitative estimate of drug-likeness (QED) is 0.517. The van der Waals surface area contributed by atoms with E-state index in [1.54, 1.807) is 6.07 Å². The average molecular weight is 472 g/mol. The van der Waals surface area contributed by atoms with Gasteiger partial charge in [-0.2, -0.15) is 0 Å². The third-order valence-electron chi connectivity index (χ3n) is 5.00. The molecule has 0 aromatic heterocycles. The first kappa shape index (κ1) is 20.9. The molecule has 6 heteroatoms. The van der Waals surface area contributed by atoms with Gasteiger partial charge in [0.15, 0.2) is 0 Å². The minimum Gasteiger partial charge on any atom is -0.489 e. The molecule has 146 valence electrons. The van der Waals surface area contributed by atoms with Gasteiger partial charge in [-0.25, -0.2) is 0 Å². The maximum Gasteiger partial charge on any atom is 0.124 e. The fraction of sp³-hybridized carbons (Fsp3) is 0.429. The van der Waals surface area contributed by atoms with E-state index in [0.29, 0.717) is 22.7 Å². The molecule has 3 nitrogen and oxygen atoms in total. The van der Waals surface area contributed by atoms with Crippen molar-refractivity contribution in [3.63, 3.8) is 0 Å². The summed E-state index contributed by atoms with van der Waals surface area (Å²) in [6.45, 7) is 6.83. The van der Waals surface area contributed by atoms with Gasteiger partial charge in [-0.1, -0.05) is 52.1 Å². The lowest BCUT2D eigenvalue weighted by molar-refractivity contribution is 0.259. The van der Waals surface area contributed by atoms with Crippen LogP contribution in [0.5, 0.6) is 5.75 Å². The predicted molar refractivity (Wildman–Crippen MR) is 117 cm³/mol. The number of nitrogens with zero attached hydrogens (tertiary/aromatic N) is 1. The Bertz CT molecular complexity index is 772. The summed E-state index contributed by atoms with van der Waals surface area (Å²) in [5, 5.41) is 4.72. The van der Waals surface area contributed by atoms with Crippen LogP contribution in [0, 0.1) is 0 Å². The summed E-state index contributed by atoms with van der Waals surface area (Å²) in [7, 11) is 0. The molecule has 0 bridgehead atoms. The van der Waals surface area contributed by atoms with Crippen molar-refractivity contribution in [1.29, 1.82) is 0 Å². The van der Waals surface area contributed by atoms with Crippen molar-refractivity contribution in [1.82, 2.24) is 10.2 Å². The fourth-order valence-corrected chi connectivity index (χ4v) is 4.26. The number of benzene rings is 2. The number of hydrogen-bond donors (Lipinski definition) is 1. The van der Waals surface area contributed by atoms with E-state index >= 15 is 0 Å². The van der Waals surface area contributed by atoms with Gasteiger partial charge in [0.05, 0.1) is 10.0 Å². The van der Waals surface area contributed by atoms with E-state index in [9.17, 15) is 0 Å². The van der Waals surface area contributed by atoms with Crippen molar-refractivity contribution in [3.05, 3.63) is 62.0 Å². The monoisotopic (exact) mass is 470 g/mol. The van der Waals surface area contributed by atoms with E-state index < -0.39 is 0 Å². The smallest absolute Gasteiger partial charge is 0.124 e. The molecule has 3 rings (SSSR count). The molecule has 0 aliphatic carbocycles. The van der Waals surface area contributed by atoms with E-state index in [0.717, 1.165) is 41.0 Å². The number of likely N-dealkylation sites (tertiary alicyclic amines) is 1. The molecule has 0 spiro atoms. The van der Waals surface area contributed by atoms with Gasteiger partial charge in [0.25, 0.3) is 0 Å². The van der Waals surface area contributed by atoms with E-state index in [1.165, 1.54) is 19.4 Å². The van der Waals surface area contributed by atoms with Crippen molar-refractivity contribution in [2.45, 2.75) is 39.0 Å². The number of ether oxygens (including phenoxy) is 1. The van der Waals surface area contributed by atoms with Crippen LogP contribution in [-0.2, 0) is 13.2 Å². The second kappa shape index (κ2) is 10.1. The average Bonchev–Trinajstić information content (AvgIpc) is 3.11. The minimum absolute atomic E-state index is 0.456. The van der Waals surface area contributed by atoms with Gasteiger partial charge in [-0.15, -0.1) is 0 Å². The molecule has 1 aliphatic rings. The molecule has 27 heavy (non-hydrogen) atoms. The van der Waals surface area contributed by atoms with E-state index in [4.69, 9.17) is 27.9 Å². The molecule has 1 heterocycles. The summed E-state index contributed by atoms with van der Waals surface area (Å²) in [4.78, 5) is 2.55. The Balaban J connectivity index is 1.59. The molecule has 0 radical (unpaired) electrons. The van der Waals surface area contributed by atoms with Crippen LogP contribution in [0.15, 0.2) is 40.9 Å². The molecule has 2 aromatic rings. The zero-order valence-electron chi connectivity index (χ0n) is 15.5. The van der Waals surface area contributed by atoms with E-state index in [-0.39, 0.29) is 0 Å². The predicted octanol–water partition coefficient (Wildman–Crippen LogP) is 5.91. The molecule has 1 fully saturated rings. The molecular formula is C21H25BrCl2N2O. The highest BCUT2D eigenvalue weighted by molar-refractivity contribution is 9.10. The zero-order valence-corrected chi connectivity index (χ0v) is 18.6. The van der Waals surface area contributed by atoms with E-state index in [2.05, 4.69) is 39.1 Å². The van der Waals surface area contributed by atoms with Crippen LogP contribution in [0.25, 0.3) is 0 Å². The molecule has 1 aliphatic heterocycles. The van der Waals surface area contributed by atoms with Crippen LogP contribution in [0.3, 0.4) is 0 Å². The lowest BCUT2D eigenvalue weighted by atomic mass is 10.1. The Morgan fingerprint density at radius 2 is 2.04 bits per heavy atom. The topological polar surface area (TPSA) is 24.5 Å². The lowest BCUT2D eigenvalue weighted by Crippen LogP contribution is -2.37. The molecule has 0 saturated carbocycles. The standard InChI is InChI=1S/C21H25BrCl2N2O/c1-2-26-9-3-4-18(26)13-25-12-16-11-17(22)6-8-21(16)27-14-15-5-7-19(23)20(24)10-15/h5-8,10-11,18,25H,2-4,9,12-14H2,1H3/t18-/m0/s1.